The van der Waals surface area contributed by atoms with Crippen LogP contribution in [0.3, 0.4) is 0 Å². The van der Waals surface area contributed by atoms with Crippen molar-refractivity contribution in [3.8, 4) is 5.75 Å². The molecule has 0 unspecified atom stereocenters. The van der Waals surface area contributed by atoms with Crippen LogP contribution in [0.4, 0.5) is 0 Å². The van der Waals surface area contributed by atoms with Gasteiger partial charge in [0.15, 0.2) is 4.77 Å². The van der Waals surface area contributed by atoms with Crippen molar-refractivity contribution in [3.05, 3.63) is 33.3 Å². The highest BCUT2D eigenvalue weighted by Crippen LogP contribution is 2.26. The Labute approximate surface area is 186 Å². The first kappa shape index (κ1) is 21.6. The number of nitrogens with zero attached hydrogens (tertiary/aromatic N) is 2. The van der Waals surface area contributed by atoms with Gasteiger partial charge in [0.25, 0.3) is 5.56 Å². The summed E-state index contributed by atoms with van der Waals surface area (Å²) in [6, 6.07) is 6.02. The number of carbonyl (C=O) groups is 1. The summed E-state index contributed by atoms with van der Waals surface area (Å²) < 4.78 is 7.28. The van der Waals surface area contributed by atoms with Crippen molar-refractivity contribution in [2.45, 2.75) is 64.0 Å². The number of amides is 1. The predicted octanol–water partition coefficient (Wildman–Crippen LogP) is 4.51. The molecule has 31 heavy (non-hydrogen) atoms. The molecule has 166 valence electrons. The third-order valence-corrected chi connectivity index (χ3v) is 6.80. The van der Waals surface area contributed by atoms with Gasteiger partial charge in [0.1, 0.15) is 11.3 Å². The van der Waals surface area contributed by atoms with Gasteiger partial charge >= 0.3 is 0 Å². The molecule has 2 heterocycles. The van der Waals surface area contributed by atoms with Gasteiger partial charge in [-0.05, 0) is 56.1 Å². The van der Waals surface area contributed by atoms with Gasteiger partial charge in [0, 0.05) is 37.0 Å². The largest absolute Gasteiger partial charge is 0.497 e. The summed E-state index contributed by atoms with van der Waals surface area (Å²) in [5.41, 5.74) is 1.92. The number of rotatable bonds is 7. The van der Waals surface area contributed by atoms with Crippen molar-refractivity contribution in [2.24, 2.45) is 0 Å². The van der Waals surface area contributed by atoms with E-state index in [1.165, 1.54) is 19.3 Å². The molecule has 0 bridgehead atoms. The second kappa shape index (κ2) is 9.26. The van der Waals surface area contributed by atoms with Crippen LogP contribution in [0, 0.1) is 4.77 Å². The highest BCUT2D eigenvalue weighted by molar-refractivity contribution is 7.71. The third kappa shape index (κ3) is 4.39. The van der Waals surface area contributed by atoms with Gasteiger partial charge < -0.3 is 19.6 Å². The molecule has 4 rings (SSSR count). The van der Waals surface area contributed by atoms with E-state index >= 15 is 0 Å². The van der Waals surface area contributed by atoms with Crippen LogP contribution >= 0.6 is 12.2 Å². The lowest BCUT2D eigenvalue weighted by atomic mass is 9.94. The van der Waals surface area contributed by atoms with Crippen LogP contribution in [0.1, 0.15) is 51.4 Å². The smallest absolute Gasteiger partial charge is 0.278 e. The van der Waals surface area contributed by atoms with Crippen molar-refractivity contribution in [3.63, 3.8) is 0 Å². The molecule has 1 amide bonds. The predicted molar refractivity (Wildman–Crippen MR) is 125 cm³/mol. The van der Waals surface area contributed by atoms with Crippen LogP contribution < -0.4 is 10.3 Å². The van der Waals surface area contributed by atoms with Crippen LogP contribution in [-0.2, 0) is 11.3 Å². The van der Waals surface area contributed by atoms with Crippen LogP contribution in [0.25, 0.3) is 21.9 Å². The molecule has 0 aliphatic heterocycles. The van der Waals surface area contributed by atoms with Gasteiger partial charge in [-0.15, -0.1) is 0 Å². The zero-order valence-corrected chi connectivity index (χ0v) is 19.0. The van der Waals surface area contributed by atoms with Crippen molar-refractivity contribution in [1.29, 1.82) is 0 Å². The lowest BCUT2D eigenvalue weighted by Crippen LogP contribution is -2.38. The van der Waals surface area contributed by atoms with E-state index in [1.807, 2.05) is 30.1 Å². The number of unbranched alkanes of at least 4 members (excludes halogenated alkanes) is 1. The average molecular weight is 443 g/mol. The van der Waals surface area contributed by atoms with Gasteiger partial charge in [-0.2, -0.15) is 0 Å². The number of aromatic amines is 2. The molecular formula is C23H30N4O3S. The fraction of sp³-hybridized carbons (Fsp3) is 0.522. The number of carbonyl (C=O) groups excluding carboxylic acids is 1. The highest BCUT2D eigenvalue weighted by atomic mass is 32.1. The number of hydrogen-bond acceptors (Lipinski definition) is 4. The molecule has 1 saturated carbocycles. The number of benzene rings is 1. The normalized spacial score (nSPS) is 14.9. The monoisotopic (exact) mass is 442 g/mol. The van der Waals surface area contributed by atoms with Crippen LogP contribution in [-0.4, -0.2) is 45.5 Å². The molecule has 0 radical (unpaired) electrons. The summed E-state index contributed by atoms with van der Waals surface area (Å²) in [5.74, 6) is 0.921. The first-order valence-electron chi connectivity index (χ1n) is 11.1. The van der Waals surface area contributed by atoms with Crippen LogP contribution in [0.2, 0.25) is 0 Å². The van der Waals surface area contributed by atoms with Gasteiger partial charge in [-0.3, -0.25) is 14.2 Å². The number of fused-ring (bicyclic) bond motifs is 3. The summed E-state index contributed by atoms with van der Waals surface area (Å²) in [6.07, 6.45) is 7.90. The molecule has 0 spiro atoms. The number of hydrogen-bond donors (Lipinski definition) is 2. The molecule has 1 aliphatic rings. The Morgan fingerprint density at radius 3 is 2.71 bits per heavy atom. The second-order valence-electron chi connectivity index (χ2n) is 8.43. The van der Waals surface area contributed by atoms with Crippen molar-refractivity contribution in [2.75, 3.05) is 14.2 Å². The van der Waals surface area contributed by atoms with E-state index in [4.69, 9.17) is 17.0 Å². The maximum absolute atomic E-state index is 13.1. The third-order valence-electron chi connectivity index (χ3n) is 6.48. The quantitative estimate of drug-likeness (QED) is 0.417. The van der Waals surface area contributed by atoms with Crippen molar-refractivity contribution < 1.29 is 9.53 Å². The van der Waals surface area contributed by atoms with E-state index in [-0.39, 0.29) is 11.5 Å². The lowest BCUT2D eigenvalue weighted by molar-refractivity contribution is -0.132. The Bertz CT molecular complexity index is 1200. The van der Waals surface area contributed by atoms with Gasteiger partial charge in [-0.1, -0.05) is 19.3 Å². The molecule has 7 nitrogen and oxygen atoms in total. The number of aromatic nitrogens is 3. The van der Waals surface area contributed by atoms with Gasteiger partial charge in [-0.25, -0.2) is 0 Å². The van der Waals surface area contributed by atoms with E-state index in [9.17, 15) is 9.59 Å². The van der Waals surface area contributed by atoms with Crippen LogP contribution in [0.15, 0.2) is 23.0 Å². The number of ether oxygens (including phenoxy) is 1. The minimum atomic E-state index is -0.139. The van der Waals surface area contributed by atoms with E-state index in [0.717, 1.165) is 42.3 Å². The molecule has 3 aromatic rings. The van der Waals surface area contributed by atoms with E-state index in [1.54, 1.807) is 11.7 Å². The molecule has 2 N–H and O–H groups in total. The van der Waals surface area contributed by atoms with E-state index in [0.29, 0.717) is 34.8 Å². The zero-order chi connectivity index (χ0) is 22.0. The fourth-order valence-corrected chi connectivity index (χ4v) is 4.86. The minimum absolute atomic E-state index is 0.139. The standard InChI is InChI=1S/C23H30N4O3S/c1-26(15-8-4-3-5-9-15)19(28)10-6-7-13-27-22(29)21-20(25-23(27)31)17-14-16(30-2)11-12-18(17)24-21/h11-12,14-15,24H,3-10,13H2,1-2H3,(H,25,31). The van der Waals surface area contributed by atoms with E-state index in [2.05, 4.69) is 9.97 Å². The number of methoxy groups -OCH3 is 1. The average Bonchev–Trinajstić information content (AvgIpc) is 3.16. The Morgan fingerprint density at radius 2 is 1.97 bits per heavy atom. The summed E-state index contributed by atoms with van der Waals surface area (Å²) in [6.45, 7) is 0.489. The Balaban J connectivity index is 1.44. The van der Waals surface area contributed by atoms with Gasteiger partial charge in [0.2, 0.25) is 5.91 Å². The second-order valence-corrected chi connectivity index (χ2v) is 8.81. The Morgan fingerprint density at radius 1 is 1.19 bits per heavy atom. The highest BCUT2D eigenvalue weighted by Gasteiger charge is 2.21. The van der Waals surface area contributed by atoms with Crippen molar-refractivity contribution in [1.82, 2.24) is 19.4 Å². The minimum Gasteiger partial charge on any atom is -0.497 e. The zero-order valence-electron chi connectivity index (χ0n) is 18.2. The van der Waals surface area contributed by atoms with E-state index < -0.39 is 0 Å². The van der Waals surface area contributed by atoms with Crippen LogP contribution in [0.5, 0.6) is 5.75 Å². The SMILES string of the molecule is COc1ccc2[nH]c3c(=O)n(CCCCC(=O)N(C)C4CCCCC4)c(=S)[nH]c3c2c1. The molecule has 1 aromatic carbocycles. The molecule has 0 saturated heterocycles. The maximum Gasteiger partial charge on any atom is 0.278 e. The topological polar surface area (TPSA) is 83.1 Å². The van der Waals surface area contributed by atoms with Gasteiger partial charge in [0.05, 0.1) is 12.6 Å². The van der Waals surface area contributed by atoms with Crippen molar-refractivity contribution >= 4 is 40.1 Å². The summed E-state index contributed by atoms with van der Waals surface area (Å²) >= 11 is 5.47. The summed E-state index contributed by atoms with van der Waals surface area (Å²) in [7, 11) is 3.54. The molecular weight excluding hydrogens is 412 g/mol. The Kier molecular flexibility index (Phi) is 6.46. The summed E-state index contributed by atoms with van der Waals surface area (Å²) in [4.78, 5) is 33.9. The maximum atomic E-state index is 13.1. The molecule has 1 aliphatic carbocycles. The Hall–Kier alpha value is -2.61. The first-order valence-corrected chi connectivity index (χ1v) is 11.5. The molecule has 2 aromatic heterocycles. The molecule has 8 heteroatoms. The fourth-order valence-electron chi connectivity index (χ4n) is 4.59. The molecule has 0 atom stereocenters. The lowest BCUT2D eigenvalue weighted by Gasteiger charge is -2.31. The molecule has 1 fully saturated rings. The summed E-state index contributed by atoms with van der Waals surface area (Å²) in [5, 5.41) is 0.876. The number of nitrogens with one attached hydrogen (secondary N) is 2. The first-order chi connectivity index (χ1) is 15.0. The number of H-pyrrole nitrogens is 2.